The highest BCUT2D eigenvalue weighted by molar-refractivity contribution is 7.89. The van der Waals surface area contributed by atoms with Gasteiger partial charge in [0, 0.05) is 26.2 Å². The molecule has 0 unspecified atom stereocenters. The Morgan fingerprint density at radius 3 is 2.23 bits per heavy atom. The number of rotatable bonds is 5. The topological polar surface area (TPSA) is 78.0 Å². The molecule has 0 aromatic heterocycles. The Morgan fingerprint density at radius 2 is 1.58 bits per heavy atom. The molecule has 10 heteroatoms. The molecule has 164 valence electrons. The second-order valence-corrected chi connectivity index (χ2v) is 10.3. The Balaban J connectivity index is 1.41. The summed E-state index contributed by atoms with van der Waals surface area (Å²) in [6, 6.07) is 13.0. The lowest BCUT2D eigenvalue weighted by molar-refractivity contribution is -0.140. The van der Waals surface area contributed by atoms with E-state index in [1.807, 2.05) is 35.2 Å². The van der Waals surface area contributed by atoms with Crippen molar-refractivity contribution in [1.29, 1.82) is 0 Å². The van der Waals surface area contributed by atoms with E-state index in [0.29, 0.717) is 13.1 Å². The summed E-state index contributed by atoms with van der Waals surface area (Å²) in [5.74, 6) is -0.431. The standard InChI is InChI=1S/C21H21Cl2N3O4S/c22-17-7-6-16(12-18(17)23)31(29,30)25-10-8-24(9-11-25)19-13-20(27)26(21(19)28)14-15-4-2-1-3-5-15/h1-7,12,19H,8-11,13-14H2/t19-/m1/s1. The molecule has 1 atom stereocenters. The smallest absolute Gasteiger partial charge is 0.247 e. The zero-order valence-corrected chi connectivity index (χ0v) is 18.9. The van der Waals surface area contributed by atoms with Crippen LogP contribution in [0.5, 0.6) is 0 Å². The average Bonchev–Trinajstić information content (AvgIpc) is 3.04. The maximum Gasteiger partial charge on any atom is 0.247 e. The van der Waals surface area contributed by atoms with E-state index in [9.17, 15) is 18.0 Å². The number of likely N-dealkylation sites (tertiary alicyclic amines) is 1. The summed E-state index contributed by atoms with van der Waals surface area (Å²) in [5, 5.41) is 0.463. The molecule has 0 radical (unpaired) electrons. The van der Waals surface area contributed by atoms with E-state index in [1.54, 1.807) is 0 Å². The van der Waals surface area contributed by atoms with Gasteiger partial charge in [-0.25, -0.2) is 8.42 Å². The summed E-state index contributed by atoms with van der Waals surface area (Å²) in [6.45, 7) is 1.42. The van der Waals surface area contributed by atoms with Gasteiger partial charge in [-0.3, -0.25) is 19.4 Å². The van der Waals surface area contributed by atoms with E-state index in [4.69, 9.17) is 23.2 Å². The third kappa shape index (κ3) is 4.49. The number of halogens is 2. The molecular formula is C21H21Cl2N3O4S. The van der Waals surface area contributed by atoms with Crippen molar-refractivity contribution in [2.24, 2.45) is 0 Å². The van der Waals surface area contributed by atoms with Crippen LogP contribution in [0.1, 0.15) is 12.0 Å². The first-order valence-corrected chi connectivity index (χ1v) is 12.0. The van der Waals surface area contributed by atoms with Crippen LogP contribution in [0.15, 0.2) is 53.4 Å². The van der Waals surface area contributed by atoms with Crippen LogP contribution >= 0.6 is 23.2 Å². The van der Waals surface area contributed by atoms with Crippen LogP contribution in [0, 0.1) is 0 Å². The number of amides is 2. The average molecular weight is 482 g/mol. The summed E-state index contributed by atoms with van der Waals surface area (Å²) < 4.78 is 27.2. The predicted octanol–water partition coefficient (Wildman–Crippen LogP) is 2.63. The molecule has 4 rings (SSSR count). The van der Waals surface area contributed by atoms with Crippen molar-refractivity contribution in [2.45, 2.75) is 23.9 Å². The number of benzene rings is 2. The highest BCUT2D eigenvalue weighted by atomic mass is 35.5. The van der Waals surface area contributed by atoms with Crippen molar-refractivity contribution in [3.8, 4) is 0 Å². The van der Waals surface area contributed by atoms with Gasteiger partial charge < -0.3 is 0 Å². The van der Waals surface area contributed by atoms with Crippen molar-refractivity contribution < 1.29 is 18.0 Å². The van der Waals surface area contributed by atoms with Crippen LogP contribution in [-0.2, 0) is 26.2 Å². The Kier molecular flexibility index (Phi) is 6.37. The molecule has 7 nitrogen and oxygen atoms in total. The van der Waals surface area contributed by atoms with Gasteiger partial charge in [-0.15, -0.1) is 0 Å². The van der Waals surface area contributed by atoms with E-state index >= 15 is 0 Å². The molecule has 0 bridgehead atoms. The molecule has 2 amide bonds. The van der Waals surface area contributed by atoms with Crippen molar-refractivity contribution in [2.75, 3.05) is 26.2 Å². The number of sulfonamides is 1. The summed E-state index contributed by atoms with van der Waals surface area (Å²) in [6.07, 6.45) is 0.116. The number of nitrogens with zero attached hydrogens (tertiary/aromatic N) is 3. The molecular weight excluding hydrogens is 461 g/mol. The lowest BCUT2D eigenvalue weighted by Crippen LogP contribution is -2.53. The van der Waals surface area contributed by atoms with E-state index in [1.165, 1.54) is 27.4 Å². The molecule has 31 heavy (non-hydrogen) atoms. The van der Waals surface area contributed by atoms with Crippen LogP contribution in [0.2, 0.25) is 10.0 Å². The van der Waals surface area contributed by atoms with Crippen LogP contribution in [0.3, 0.4) is 0 Å². The number of carbonyl (C=O) groups excluding carboxylic acids is 2. The fourth-order valence-corrected chi connectivity index (χ4v) is 5.74. The highest BCUT2D eigenvalue weighted by Gasteiger charge is 2.43. The molecule has 2 saturated heterocycles. The van der Waals surface area contributed by atoms with E-state index in [-0.39, 0.29) is 52.8 Å². The van der Waals surface area contributed by atoms with Crippen molar-refractivity contribution in [1.82, 2.24) is 14.1 Å². The van der Waals surface area contributed by atoms with E-state index in [0.717, 1.165) is 5.56 Å². The normalized spacial score (nSPS) is 21.1. The largest absolute Gasteiger partial charge is 0.289 e. The number of imide groups is 1. The maximum absolute atomic E-state index is 12.9. The zero-order chi connectivity index (χ0) is 22.2. The second kappa shape index (κ2) is 8.88. The number of carbonyl (C=O) groups is 2. The van der Waals surface area contributed by atoms with E-state index in [2.05, 4.69) is 0 Å². The quantitative estimate of drug-likeness (QED) is 0.613. The Bertz CT molecular complexity index is 1100. The van der Waals surface area contributed by atoms with Crippen molar-refractivity contribution >= 4 is 45.0 Å². The fourth-order valence-electron chi connectivity index (χ4n) is 3.93. The molecule has 2 fully saturated rings. The Morgan fingerprint density at radius 1 is 0.903 bits per heavy atom. The Hall–Kier alpha value is -1.97. The van der Waals surface area contributed by atoms with Crippen LogP contribution in [0.4, 0.5) is 0 Å². The van der Waals surface area contributed by atoms with Gasteiger partial charge in [0.25, 0.3) is 0 Å². The summed E-state index contributed by atoms with van der Waals surface area (Å²) in [7, 11) is -3.72. The Labute approximate surface area is 191 Å². The molecule has 0 spiro atoms. The lowest BCUT2D eigenvalue weighted by Gasteiger charge is -2.36. The summed E-state index contributed by atoms with van der Waals surface area (Å²) in [4.78, 5) is 28.6. The van der Waals surface area contributed by atoms with Gasteiger partial charge >= 0.3 is 0 Å². The predicted molar refractivity (Wildman–Crippen MR) is 117 cm³/mol. The minimum atomic E-state index is -3.72. The van der Waals surface area contributed by atoms with Gasteiger partial charge in [-0.05, 0) is 23.8 Å². The molecule has 0 aliphatic carbocycles. The minimum absolute atomic E-state index is 0.0801. The van der Waals surface area contributed by atoms with Gasteiger partial charge in [-0.2, -0.15) is 4.31 Å². The van der Waals surface area contributed by atoms with Gasteiger partial charge in [-0.1, -0.05) is 53.5 Å². The van der Waals surface area contributed by atoms with Crippen LogP contribution in [0.25, 0.3) is 0 Å². The minimum Gasteiger partial charge on any atom is -0.289 e. The molecule has 2 aliphatic heterocycles. The highest BCUT2D eigenvalue weighted by Crippen LogP contribution is 2.28. The molecule has 0 saturated carbocycles. The number of piperazine rings is 1. The first-order chi connectivity index (χ1) is 14.8. The van der Waals surface area contributed by atoms with Crippen molar-refractivity contribution in [3.63, 3.8) is 0 Å². The van der Waals surface area contributed by atoms with Gasteiger partial charge in [0.15, 0.2) is 0 Å². The zero-order valence-electron chi connectivity index (χ0n) is 16.6. The summed E-state index contributed by atoms with van der Waals surface area (Å²) >= 11 is 11.9. The molecule has 0 N–H and O–H groups in total. The first kappa shape index (κ1) is 22.2. The van der Waals surface area contributed by atoms with Gasteiger partial charge in [0.05, 0.1) is 33.9 Å². The molecule has 2 aromatic carbocycles. The number of hydrogen-bond acceptors (Lipinski definition) is 5. The number of hydrogen-bond donors (Lipinski definition) is 0. The summed E-state index contributed by atoms with van der Waals surface area (Å²) in [5.41, 5.74) is 0.891. The fraction of sp³-hybridized carbons (Fsp3) is 0.333. The van der Waals surface area contributed by atoms with Crippen LogP contribution < -0.4 is 0 Å². The molecule has 2 heterocycles. The van der Waals surface area contributed by atoms with Gasteiger partial charge in [0.1, 0.15) is 0 Å². The van der Waals surface area contributed by atoms with Gasteiger partial charge in [0.2, 0.25) is 21.8 Å². The lowest BCUT2D eigenvalue weighted by atomic mass is 10.2. The third-order valence-corrected chi connectivity index (χ3v) is 8.28. The SMILES string of the molecule is O=C1C[C@@H](N2CCN(S(=O)(=O)c3ccc(Cl)c(Cl)c3)CC2)C(=O)N1Cc1ccccc1. The monoisotopic (exact) mass is 481 g/mol. The third-order valence-electron chi connectivity index (χ3n) is 5.65. The molecule has 2 aliphatic rings. The van der Waals surface area contributed by atoms with E-state index < -0.39 is 16.1 Å². The van der Waals surface area contributed by atoms with Crippen LogP contribution in [-0.4, -0.2) is 66.6 Å². The maximum atomic E-state index is 12.9. The molecule has 2 aromatic rings. The first-order valence-electron chi connectivity index (χ1n) is 9.85. The van der Waals surface area contributed by atoms with Crippen molar-refractivity contribution in [3.05, 3.63) is 64.1 Å². The second-order valence-electron chi connectivity index (χ2n) is 7.54.